The predicted octanol–water partition coefficient (Wildman–Crippen LogP) is 3.75. The number of hydrogen-bond acceptors (Lipinski definition) is 3. The zero-order chi connectivity index (χ0) is 18.2. The van der Waals surface area contributed by atoms with Crippen molar-refractivity contribution < 1.29 is 12.8 Å². The van der Waals surface area contributed by atoms with Crippen molar-refractivity contribution in [2.75, 3.05) is 0 Å². The zero-order valence-corrected chi connectivity index (χ0v) is 14.5. The van der Waals surface area contributed by atoms with E-state index in [1.165, 1.54) is 12.1 Å². The van der Waals surface area contributed by atoms with Gasteiger partial charge in [0.2, 0.25) is 10.0 Å². The van der Waals surface area contributed by atoms with Gasteiger partial charge in [-0.15, -0.1) is 0 Å². The van der Waals surface area contributed by atoms with Crippen molar-refractivity contribution in [1.29, 1.82) is 5.26 Å². The molecule has 0 aliphatic heterocycles. The van der Waals surface area contributed by atoms with Crippen LogP contribution < -0.4 is 5.14 Å². The van der Waals surface area contributed by atoms with E-state index in [-0.39, 0.29) is 0 Å². The Morgan fingerprint density at radius 3 is 2.20 bits per heavy atom. The van der Waals surface area contributed by atoms with Gasteiger partial charge in [0.1, 0.15) is 10.7 Å². The van der Waals surface area contributed by atoms with Gasteiger partial charge in [-0.25, -0.2) is 17.9 Å². The first-order chi connectivity index (χ1) is 11.8. The smallest absolute Gasteiger partial charge is 0.225 e. The van der Waals surface area contributed by atoms with Gasteiger partial charge in [-0.1, -0.05) is 18.2 Å². The quantitative estimate of drug-likeness (QED) is 0.909. The van der Waals surface area contributed by atoms with E-state index < -0.39 is 20.7 Å². The second-order valence-corrected chi connectivity index (χ2v) is 7.67. The topological polar surface area (TPSA) is 84.0 Å². The van der Waals surface area contributed by atoms with Crippen molar-refractivity contribution >= 4 is 21.2 Å². The standard InChI is InChI=1S/C19H17FN2O2S/c1-12-9-13(5-6-15(12)11-21)16-3-2-4-17(16)14-7-8-19(18(20)10-14)25(22,23)24/h5-10H,2-4H2,1H3,(H2,22,23,24). The Morgan fingerprint density at radius 2 is 1.68 bits per heavy atom. The number of allylic oxidation sites excluding steroid dienone is 2. The summed E-state index contributed by atoms with van der Waals surface area (Å²) in [5, 5.41) is 14.1. The van der Waals surface area contributed by atoms with Crippen LogP contribution >= 0.6 is 0 Å². The van der Waals surface area contributed by atoms with E-state index in [0.29, 0.717) is 11.1 Å². The molecule has 0 bridgehead atoms. The molecule has 0 amide bonds. The lowest BCUT2D eigenvalue weighted by Gasteiger charge is -2.11. The van der Waals surface area contributed by atoms with Gasteiger partial charge >= 0.3 is 0 Å². The van der Waals surface area contributed by atoms with Crippen molar-refractivity contribution in [3.05, 3.63) is 64.5 Å². The highest BCUT2D eigenvalue weighted by Gasteiger charge is 2.21. The van der Waals surface area contributed by atoms with Crippen molar-refractivity contribution in [3.63, 3.8) is 0 Å². The first-order valence-electron chi connectivity index (χ1n) is 7.87. The lowest BCUT2D eigenvalue weighted by atomic mass is 9.95. The van der Waals surface area contributed by atoms with Gasteiger partial charge in [-0.3, -0.25) is 0 Å². The largest absolute Gasteiger partial charge is 0.240 e. The van der Waals surface area contributed by atoms with Crippen LogP contribution in [0.1, 0.15) is 41.5 Å². The molecule has 25 heavy (non-hydrogen) atoms. The van der Waals surface area contributed by atoms with E-state index in [4.69, 9.17) is 10.4 Å². The summed E-state index contributed by atoms with van der Waals surface area (Å²) in [6.45, 7) is 1.89. The lowest BCUT2D eigenvalue weighted by Crippen LogP contribution is -2.14. The van der Waals surface area contributed by atoms with Crippen LogP contribution in [0.4, 0.5) is 4.39 Å². The van der Waals surface area contributed by atoms with Gasteiger partial charge < -0.3 is 0 Å². The monoisotopic (exact) mass is 356 g/mol. The molecule has 0 heterocycles. The maximum atomic E-state index is 14.2. The van der Waals surface area contributed by atoms with Gasteiger partial charge in [0, 0.05) is 0 Å². The van der Waals surface area contributed by atoms with Gasteiger partial charge in [0.25, 0.3) is 0 Å². The summed E-state index contributed by atoms with van der Waals surface area (Å²) in [5.41, 5.74) is 5.32. The number of nitrogens with zero attached hydrogens (tertiary/aromatic N) is 1. The van der Waals surface area contributed by atoms with Crippen LogP contribution in [0.25, 0.3) is 11.1 Å². The zero-order valence-electron chi connectivity index (χ0n) is 13.7. The Kier molecular flexibility index (Phi) is 4.46. The molecule has 0 saturated heterocycles. The molecule has 0 atom stereocenters. The fourth-order valence-corrected chi connectivity index (χ4v) is 3.87. The Labute approximate surface area is 146 Å². The molecule has 2 aromatic carbocycles. The average molecular weight is 356 g/mol. The Hall–Kier alpha value is -2.49. The fourth-order valence-electron chi connectivity index (χ4n) is 3.28. The molecule has 0 aromatic heterocycles. The van der Waals surface area contributed by atoms with Crippen LogP contribution in [0.5, 0.6) is 0 Å². The Bertz CT molecular complexity index is 1030. The third-order valence-corrected chi connectivity index (χ3v) is 5.44. The fraction of sp³-hybridized carbons (Fsp3) is 0.211. The van der Waals surface area contributed by atoms with Crippen LogP contribution in [0.15, 0.2) is 41.3 Å². The normalized spacial score (nSPS) is 14.6. The number of primary sulfonamides is 1. The van der Waals surface area contributed by atoms with Gasteiger partial charge in [-0.05, 0) is 72.2 Å². The minimum atomic E-state index is -4.07. The van der Waals surface area contributed by atoms with Crippen LogP contribution in [-0.2, 0) is 10.0 Å². The van der Waals surface area contributed by atoms with Crippen molar-refractivity contribution in [3.8, 4) is 6.07 Å². The second-order valence-electron chi connectivity index (χ2n) is 6.14. The first kappa shape index (κ1) is 17.3. The van der Waals surface area contributed by atoms with Crippen molar-refractivity contribution in [2.24, 2.45) is 5.14 Å². The van der Waals surface area contributed by atoms with E-state index in [1.54, 1.807) is 12.1 Å². The molecule has 1 aliphatic carbocycles. The summed E-state index contributed by atoms with van der Waals surface area (Å²) in [7, 11) is -4.07. The maximum absolute atomic E-state index is 14.2. The summed E-state index contributed by atoms with van der Waals surface area (Å²) in [5.74, 6) is -0.838. The summed E-state index contributed by atoms with van der Waals surface area (Å²) in [4.78, 5) is -0.495. The van der Waals surface area contributed by atoms with Crippen LogP contribution in [0, 0.1) is 24.1 Å². The third-order valence-electron chi connectivity index (χ3n) is 4.50. The molecule has 4 nitrogen and oxygen atoms in total. The van der Waals surface area contributed by atoms with Crippen LogP contribution in [-0.4, -0.2) is 8.42 Å². The number of nitrogens with two attached hydrogens (primary N) is 1. The molecule has 0 unspecified atom stereocenters. The summed E-state index contributed by atoms with van der Waals surface area (Å²) >= 11 is 0. The van der Waals surface area contributed by atoms with Crippen LogP contribution in [0.2, 0.25) is 0 Å². The van der Waals surface area contributed by atoms with Gasteiger partial charge in [0.05, 0.1) is 11.6 Å². The number of aryl methyl sites for hydroxylation is 1. The number of rotatable bonds is 3. The van der Waals surface area contributed by atoms with Gasteiger partial charge in [-0.2, -0.15) is 5.26 Å². The average Bonchev–Trinajstić information content (AvgIpc) is 3.03. The number of hydrogen-bond donors (Lipinski definition) is 1. The molecule has 6 heteroatoms. The molecular weight excluding hydrogens is 339 g/mol. The third kappa shape index (κ3) is 3.34. The number of halogens is 1. The Balaban J connectivity index is 2.09. The molecule has 1 aliphatic rings. The molecule has 0 fully saturated rings. The molecular formula is C19H17FN2O2S. The number of nitriles is 1. The molecule has 2 N–H and O–H groups in total. The molecule has 128 valence electrons. The SMILES string of the molecule is Cc1cc(C2=C(c3ccc(S(N)(=O)=O)c(F)c3)CCC2)ccc1C#N. The summed E-state index contributed by atoms with van der Waals surface area (Å²) < 4.78 is 36.9. The molecule has 0 spiro atoms. The van der Waals surface area contributed by atoms with Crippen molar-refractivity contribution in [1.82, 2.24) is 0 Å². The first-order valence-corrected chi connectivity index (χ1v) is 9.42. The van der Waals surface area contributed by atoms with Gasteiger partial charge in [0.15, 0.2) is 0 Å². The minimum absolute atomic E-state index is 0.495. The number of sulfonamides is 1. The minimum Gasteiger partial charge on any atom is -0.225 e. The van der Waals surface area contributed by atoms with Crippen LogP contribution in [0.3, 0.4) is 0 Å². The summed E-state index contributed by atoms with van der Waals surface area (Å²) in [6, 6.07) is 11.9. The van der Waals surface area contributed by atoms with E-state index in [1.807, 2.05) is 19.1 Å². The highest BCUT2D eigenvalue weighted by molar-refractivity contribution is 7.89. The molecule has 2 aromatic rings. The highest BCUT2D eigenvalue weighted by Crippen LogP contribution is 2.40. The molecule has 3 rings (SSSR count). The van der Waals surface area contributed by atoms with E-state index in [2.05, 4.69) is 6.07 Å². The van der Waals surface area contributed by atoms with E-state index in [9.17, 15) is 12.8 Å². The summed E-state index contributed by atoms with van der Waals surface area (Å²) in [6.07, 6.45) is 2.60. The molecule has 0 radical (unpaired) electrons. The second kappa shape index (κ2) is 6.43. The predicted molar refractivity (Wildman–Crippen MR) is 94.3 cm³/mol. The Morgan fingerprint density at radius 1 is 1.08 bits per heavy atom. The maximum Gasteiger partial charge on any atom is 0.240 e. The number of benzene rings is 2. The highest BCUT2D eigenvalue weighted by atomic mass is 32.2. The lowest BCUT2D eigenvalue weighted by molar-refractivity contribution is 0.568. The van der Waals surface area contributed by atoms with E-state index in [0.717, 1.165) is 41.5 Å². The van der Waals surface area contributed by atoms with Crippen molar-refractivity contribution in [2.45, 2.75) is 31.1 Å². The van der Waals surface area contributed by atoms with E-state index >= 15 is 0 Å². The molecule has 0 saturated carbocycles.